The van der Waals surface area contributed by atoms with Gasteiger partial charge in [-0.2, -0.15) is 5.10 Å². The van der Waals surface area contributed by atoms with Crippen LogP contribution in [0, 0.1) is 0 Å². The Hall–Kier alpha value is -2.76. The highest BCUT2D eigenvalue weighted by molar-refractivity contribution is 6.00. The molecule has 3 rings (SSSR count). The van der Waals surface area contributed by atoms with Crippen LogP contribution in [0.25, 0.3) is 10.9 Å². The standard InChI is InChI=1S/C15H17N5O/c1-10(9-20-7-3-6-17-20)18-15(21)13-8-11-4-2-5-12(16)14(11)19-13/h2-8,10,19H,9,16H2,1H3,(H,18,21). The SMILES string of the molecule is CC(Cn1cccn1)NC(=O)c1cc2cccc(N)c2[nH]1. The zero-order valence-corrected chi connectivity index (χ0v) is 11.7. The Bertz CT molecular complexity index is 760. The molecule has 21 heavy (non-hydrogen) atoms. The number of hydrogen-bond acceptors (Lipinski definition) is 3. The molecule has 0 saturated carbocycles. The van der Waals surface area contributed by atoms with Gasteiger partial charge in [0.05, 0.1) is 17.7 Å². The number of benzene rings is 1. The van der Waals surface area contributed by atoms with Crippen LogP contribution in [-0.4, -0.2) is 26.7 Å². The second-order valence-electron chi connectivity index (χ2n) is 5.10. The highest BCUT2D eigenvalue weighted by atomic mass is 16.1. The van der Waals surface area contributed by atoms with Gasteiger partial charge in [0.2, 0.25) is 0 Å². The van der Waals surface area contributed by atoms with E-state index in [0.717, 1.165) is 10.9 Å². The summed E-state index contributed by atoms with van der Waals surface area (Å²) >= 11 is 0. The number of aromatic nitrogens is 3. The predicted octanol–water partition coefficient (Wildman–Crippen LogP) is 1.77. The van der Waals surface area contributed by atoms with E-state index in [1.54, 1.807) is 16.9 Å². The summed E-state index contributed by atoms with van der Waals surface area (Å²) < 4.78 is 1.79. The second-order valence-corrected chi connectivity index (χ2v) is 5.10. The third kappa shape index (κ3) is 2.74. The van der Waals surface area contributed by atoms with Crippen LogP contribution >= 0.6 is 0 Å². The maximum Gasteiger partial charge on any atom is 0.268 e. The van der Waals surface area contributed by atoms with Crippen molar-refractivity contribution in [2.24, 2.45) is 0 Å². The normalized spacial score (nSPS) is 12.4. The number of para-hydroxylation sites is 1. The lowest BCUT2D eigenvalue weighted by Gasteiger charge is -2.13. The maximum absolute atomic E-state index is 12.3. The topological polar surface area (TPSA) is 88.7 Å². The largest absolute Gasteiger partial charge is 0.397 e. The van der Waals surface area contributed by atoms with Crippen molar-refractivity contribution in [2.75, 3.05) is 5.73 Å². The number of carbonyl (C=O) groups is 1. The van der Waals surface area contributed by atoms with Gasteiger partial charge in [-0.25, -0.2) is 0 Å². The van der Waals surface area contributed by atoms with Crippen molar-refractivity contribution in [1.29, 1.82) is 0 Å². The molecule has 1 aromatic carbocycles. The Kier molecular flexibility index (Phi) is 3.35. The molecule has 2 aromatic heterocycles. The van der Waals surface area contributed by atoms with Crippen molar-refractivity contribution in [3.05, 3.63) is 48.4 Å². The fraction of sp³-hybridized carbons (Fsp3) is 0.200. The zero-order chi connectivity index (χ0) is 14.8. The summed E-state index contributed by atoms with van der Waals surface area (Å²) in [5, 5.41) is 8.00. The minimum Gasteiger partial charge on any atom is -0.397 e. The molecule has 0 fully saturated rings. The number of hydrogen-bond donors (Lipinski definition) is 3. The number of rotatable bonds is 4. The van der Waals surface area contributed by atoms with Crippen molar-refractivity contribution < 1.29 is 4.79 Å². The number of anilines is 1. The number of H-pyrrole nitrogens is 1. The summed E-state index contributed by atoms with van der Waals surface area (Å²) in [6.45, 7) is 2.57. The van der Waals surface area contributed by atoms with Gasteiger partial charge in [0.1, 0.15) is 5.69 Å². The van der Waals surface area contributed by atoms with Gasteiger partial charge in [-0.05, 0) is 25.1 Å². The van der Waals surface area contributed by atoms with Gasteiger partial charge in [-0.15, -0.1) is 0 Å². The van der Waals surface area contributed by atoms with Gasteiger partial charge in [-0.3, -0.25) is 9.48 Å². The smallest absolute Gasteiger partial charge is 0.268 e. The molecule has 6 heteroatoms. The molecule has 6 nitrogen and oxygen atoms in total. The highest BCUT2D eigenvalue weighted by Gasteiger charge is 2.13. The van der Waals surface area contributed by atoms with Gasteiger partial charge in [0, 0.05) is 23.8 Å². The first-order valence-electron chi connectivity index (χ1n) is 6.79. The number of nitrogens with two attached hydrogens (primary N) is 1. The fourth-order valence-corrected chi connectivity index (χ4v) is 2.34. The predicted molar refractivity (Wildman–Crippen MR) is 81.9 cm³/mol. The van der Waals surface area contributed by atoms with Gasteiger partial charge in [0.15, 0.2) is 0 Å². The number of fused-ring (bicyclic) bond motifs is 1. The van der Waals surface area contributed by atoms with E-state index in [-0.39, 0.29) is 11.9 Å². The van der Waals surface area contributed by atoms with Gasteiger partial charge in [0.25, 0.3) is 5.91 Å². The molecule has 0 aliphatic rings. The number of nitrogen functional groups attached to an aromatic ring is 1. The molecule has 1 unspecified atom stereocenters. The Morgan fingerprint density at radius 1 is 1.48 bits per heavy atom. The number of aromatic amines is 1. The molecule has 4 N–H and O–H groups in total. The van der Waals surface area contributed by atoms with Crippen LogP contribution in [0.15, 0.2) is 42.7 Å². The summed E-state index contributed by atoms with van der Waals surface area (Å²) in [5.74, 6) is -0.148. The molecule has 108 valence electrons. The first-order valence-corrected chi connectivity index (χ1v) is 6.79. The second kappa shape index (κ2) is 5.32. The Morgan fingerprint density at radius 2 is 2.33 bits per heavy atom. The third-order valence-electron chi connectivity index (χ3n) is 3.33. The molecule has 3 aromatic rings. The molecule has 0 bridgehead atoms. The summed E-state index contributed by atoms with van der Waals surface area (Å²) in [4.78, 5) is 15.3. The summed E-state index contributed by atoms with van der Waals surface area (Å²) in [5.41, 5.74) is 7.83. The molecule has 1 atom stereocenters. The summed E-state index contributed by atoms with van der Waals surface area (Å²) in [6, 6.07) is 9.23. The lowest BCUT2D eigenvalue weighted by Crippen LogP contribution is -2.35. The van der Waals surface area contributed by atoms with E-state index in [2.05, 4.69) is 15.4 Å². The van der Waals surface area contributed by atoms with Crippen molar-refractivity contribution in [1.82, 2.24) is 20.1 Å². The van der Waals surface area contributed by atoms with E-state index in [1.165, 1.54) is 0 Å². The Morgan fingerprint density at radius 3 is 3.05 bits per heavy atom. The molecule has 2 heterocycles. The van der Waals surface area contributed by atoms with E-state index in [9.17, 15) is 4.79 Å². The first kappa shape index (κ1) is 13.2. The minimum absolute atomic E-state index is 0.0267. The van der Waals surface area contributed by atoms with Crippen LogP contribution in [0.3, 0.4) is 0 Å². The quantitative estimate of drug-likeness (QED) is 0.637. The molecule has 0 aliphatic heterocycles. The average Bonchev–Trinajstić information content (AvgIpc) is 3.07. The van der Waals surface area contributed by atoms with Gasteiger partial charge in [-0.1, -0.05) is 12.1 Å². The molecule has 0 aliphatic carbocycles. The summed E-state index contributed by atoms with van der Waals surface area (Å²) in [7, 11) is 0. The number of amides is 1. The van der Waals surface area contributed by atoms with Crippen molar-refractivity contribution >= 4 is 22.5 Å². The van der Waals surface area contributed by atoms with Crippen molar-refractivity contribution in [3.8, 4) is 0 Å². The van der Waals surface area contributed by atoms with Crippen molar-refractivity contribution in [3.63, 3.8) is 0 Å². The van der Waals surface area contributed by atoms with Crippen molar-refractivity contribution in [2.45, 2.75) is 19.5 Å². The van der Waals surface area contributed by atoms with Crippen LogP contribution in [0.5, 0.6) is 0 Å². The number of carbonyl (C=O) groups excluding carboxylic acids is 1. The van der Waals surface area contributed by atoms with E-state index >= 15 is 0 Å². The van der Waals surface area contributed by atoms with Crippen LogP contribution < -0.4 is 11.1 Å². The summed E-state index contributed by atoms with van der Waals surface area (Å²) in [6.07, 6.45) is 3.58. The molecule has 1 amide bonds. The first-order chi connectivity index (χ1) is 10.1. The molecule has 0 saturated heterocycles. The highest BCUT2D eigenvalue weighted by Crippen LogP contribution is 2.21. The molecule has 0 radical (unpaired) electrons. The Labute approximate surface area is 121 Å². The third-order valence-corrected chi connectivity index (χ3v) is 3.33. The minimum atomic E-state index is -0.148. The van der Waals surface area contributed by atoms with Crippen LogP contribution in [0.2, 0.25) is 0 Å². The fourth-order valence-electron chi connectivity index (χ4n) is 2.34. The van der Waals surface area contributed by atoms with Crippen LogP contribution in [0.4, 0.5) is 5.69 Å². The van der Waals surface area contributed by atoms with Crippen LogP contribution in [0.1, 0.15) is 17.4 Å². The monoisotopic (exact) mass is 283 g/mol. The number of nitrogens with one attached hydrogen (secondary N) is 2. The van der Waals surface area contributed by atoms with Crippen LogP contribution in [-0.2, 0) is 6.54 Å². The zero-order valence-electron chi connectivity index (χ0n) is 11.7. The lowest BCUT2D eigenvalue weighted by atomic mass is 10.2. The van der Waals surface area contributed by atoms with Gasteiger partial charge >= 0.3 is 0 Å². The average molecular weight is 283 g/mol. The van der Waals surface area contributed by atoms with E-state index in [1.807, 2.05) is 37.4 Å². The molecular formula is C15H17N5O. The maximum atomic E-state index is 12.3. The molecular weight excluding hydrogens is 266 g/mol. The van der Waals surface area contributed by atoms with E-state index < -0.39 is 0 Å². The van der Waals surface area contributed by atoms with Gasteiger partial charge < -0.3 is 16.0 Å². The van der Waals surface area contributed by atoms with E-state index in [4.69, 9.17) is 5.73 Å². The lowest BCUT2D eigenvalue weighted by molar-refractivity contribution is 0.0932. The van der Waals surface area contributed by atoms with E-state index in [0.29, 0.717) is 17.9 Å². The molecule has 0 spiro atoms. The Balaban J connectivity index is 1.73. The number of nitrogens with zero attached hydrogens (tertiary/aromatic N) is 2.